The van der Waals surface area contributed by atoms with Gasteiger partial charge in [0, 0.05) is 43.8 Å². The van der Waals surface area contributed by atoms with Gasteiger partial charge in [0.1, 0.15) is 11.7 Å². The van der Waals surface area contributed by atoms with Crippen molar-refractivity contribution in [2.75, 3.05) is 26.2 Å². The van der Waals surface area contributed by atoms with Gasteiger partial charge in [-0.1, -0.05) is 0 Å². The van der Waals surface area contributed by atoms with Gasteiger partial charge in [-0.2, -0.15) is 0 Å². The highest BCUT2D eigenvalue weighted by atomic mass is 19.1. The van der Waals surface area contributed by atoms with E-state index in [-0.39, 0.29) is 17.2 Å². The summed E-state index contributed by atoms with van der Waals surface area (Å²) in [7, 11) is 0. The highest BCUT2D eigenvalue weighted by Gasteiger charge is 2.25. The first-order valence-electron chi connectivity index (χ1n) is 7.37. The van der Waals surface area contributed by atoms with Crippen LogP contribution >= 0.6 is 0 Å². The third-order valence-corrected chi connectivity index (χ3v) is 4.00. The van der Waals surface area contributed by atoms with Crippen LogP contribution in [-0.2, 0) is 6.54 Å². The van der Waals surface area contributed by atoms with Gasteiger partial charge in [0.25, 0.3) is 0 Å². The highest BCUT2D eigenvalue weighted by Crippen LogP contribution is 2.18. The maximum atomic E-state index is 13.6. The maximum absolute atomic E-state index is 13.6. The number of nitrogens with two attached hydrogens (primary N) is 1. The second-order valence-electron chi connectivity index (χ2n) is 6.70. The third kappa shape index (κ3) is 4.25. The second kappa shape index (κ2) is 6.12. The van der Waals surface area contributed by atoms with Crippen LogP contribution in [-0.4, -0.2) is 47.4 Å². The molecule has 0 aromatic heterocycles. The van der Waals surface area contributed by atoms with Crippen molar-refractivity contribution < 1.29 is 4.39 Å². The van der Waals surface area contributed by atoms with E-state index in [4.69, 9.17) is 11.1 Å². The van der Waals surface area contributed by atoms with Crippen molar-refractivity contribution in [3.63, 3.8) is 0 Å². The van der Waals surface area contributed by atoms with Gasteiger partial charge in [0.2, 0.25) is 0 Å². The monoisotopic (exact) mass is 292 g/mol. The Balaban J connectivity index is 1.99. The SMILES string of the molecule is CC(C)(C)N1CCN(Cc2cc(F)cc(C(=N)N)c2)CC1. The molecule has 0 radical (unpaired) electrons. The molecule has 1 heterocycles. The summed E-state index contributed by atoms with van der Waals surface area (Å²) in [6.07, 6.45) is 0. The van der Waals surface area contributed by atoms with E-state index in [1.807, 2.05) is 6.07 Å². The van der Waals surface area contributed by atoms with Gasteiger partial charge in [-0.05, 0) is 44.5 Å². The topological polar surface area (TPSA) is 56.4 Å². The highest BCUT2D eigenvalue weighted by molar-refractivity contribution is 5.95. The molecule has 0 aliphatic carbocycles. The summed E-state index contributed by atoms with van der Waals surface area (Å²) in [5.74, 6) is -0.417. The molecular weight excluding hydrogens is 267 g/mol. The number of halogens is 1. The summed E-state index contributed by atoms with van der Waals surface area (Å²) in [6.45, 7) is 11.4. The first kappa shape index (κ1) is 15.9. The Morgan fingerprint density at radius 3 is 2.33 bits per heavy atom. The van der Waals surface area contributed by atoms with Gasteiger partial charge < -0.3 is 5.73 Å². The molecule has 0 atom stereocenters. The van der Waals surface area contributed by atoms with Gasteiger partial charge in [0.05, 0.1) is 0 Å². The standard InChI is InChI=1S/C16H25FN4/c1-16(2,3)21-6-4-20(5-7-21)11-12-8-13(15(18)19)10-14(17)9-12/h8-10H,4-7,11H2,1-3H3,(H3,18,19). The Kier molecular flexibility index (Phi) is 4.64. The molecule has 2 rings (SSSR count). The van der Waals surface area contributed by atoms with Crippen LogP contribution in [0.25, 0.3) is 0 Å². The summed E-state index contributed by atoms with van der Waals surface area (Å²) < 4.78 is 13.6. The Morgan fingerprint density at radius 2 is 1.81 bits per heavy atom. The first-order valence-corrected chi connectivity index (χ1v) is 7.37. The molecule has 1 aromatic carbocycles. The molecule has 116 valence electrons. The van der Waals surface area contributed by atoms with Crippen LogP contribution in [0.2, 0.25) is 0 Å². The number of piperazine rings is 1. The molecule has 5 heteroatoms. The van der Waals surface area contributed by atoms with E-state index < -0.39 is 0 Å². The minimum atomic E-state index is -0.328. The lowest BCUT2D eigenvalue weighted by Crippen LogP contribution is -2.53. The minimum Gasteiger partial charge on any atom is -0.384 e. The van der Waals surface area contributed by atoms with Crippen molar-refractivity contribution in [1.29, 1.82) is 5.41 Å². The van der Waals surface area contributed by atoms with Crippen molar-refractivity contribution >= 4 is 5.84 Å². The fraction of sp³-hybridized carbons (Fsp3) is 0.562. The number of hydrogen-bond acceptors (Lipinski definition) is 3. The zero-order valence-electron chi connectivity index (χ0n) is 13.1. The lowest BCUT2D eigenvalue weighted by Gasteiger charge is -2.42. The molecule has 0 saturated carbocycles. The van der Waals surface area contributed by atoms with Crippen molar-refractivity contribution in [3.8, 4) is 0 Å². The van der Waals surface area contributed by atoms with E-state index in [0.717, 1.165) is 31.7 Å². The molecule has 1 fully saturated rings. The molecule has 21 heavy (non-hydrogen) atoms. The summed E-state index contributed by atoms with van der Waals surface area (Å²) in [5.41, 5.74) is 6.98. The van der Waals surface area contributed by atoms with Gasteiger partial charge in [-0.3, -0.25) is 15.2 Å². The quantitative estimate of drug-likeness (QED) is 0.662. The zero-order valence-corrected chi connectivity index (χ0v) is 13.1. The van der Waals surface area contributed by atoms with Gasteiger partial charge in [0.15, 0.2) is 0 Å². The van der Waals surface area contributed by atoms with Crippen LogP contribution < -0.4 is 5.73 Å². The smallest absolute Gasteiger partial charge is 0.124 e. The summed E-state index contributed by atoms with van der Waals surface area (Å²) in [6, 6.07) is 4.65. The number of rotatable bonds is 3. The van der Waals surface area contributed by atoms with Crippen molar-refractivity contribution in [1.82, 2.24) is 9.80 Å². The molecule has 1 aromatic rings. The van der Waals surface area contributed by atoms with Gasteiger partial charge >= 0.3 is 0 Å². The predicted molar refractivity (Wildman–Crippen MR) is 84.0 cm³/mol. The van der Waals surface area contributed by atoms with Gasteiger partial charge in [-0.25, -0.2) is 4.39 Å². The molecule has 1 aliphatic rings. The van der Waals surface area contributed by atoms with E-state index in [9.17, 15) is 4.39 Å². The predicted octanol–water partition coefficient (Wildman–Crippen LogP) is 2.03. The van der Waals surface area contributed by atoms with Crippen LogP contribution in [0.5, 0.6) is 0 Å². The second-order valence-corrected chi connectivity index (χ2v) is 6.70. The summed E-state index contributed by atoms with van der Waals surface area (Å²) in [4.78, 5) is 4.79. The van der Waals surface area contributed by atoms with E-state index in [1.54, 1.807) is 0 Å². The maximum Gasteiger partial charge on any atom is 0.124 e. The Bertz CT molecular complexity index is 513. The first-order chi connectivity index (χ1) is 9.75. The van der Waals surface area contributed by atoms with E-state index in [1.165, 1.54) is 12.1 Å². The Labute approximate surface area is 126 Å². The molecule has 3 N–H and O–H groups in total. The molecular formula is C16H25FN4. The largest absolute Gasteiger partial charge is 0.384 e. The molecule has 0 spiro atoms. The minimum absolute atomic E-state index is 0.0895. The average molecular weight is 292 g/mol. The van der Waals surface area contributed by atoms with Crippen LogP contribution in [0.15, 0.2) is 18.2 Å². The third-order valence-electron chi connectivity index (χ3n) is 4.00. The molecule has 1 saturated heterocycles. The fourth-order valence-electron chi connectivity index (χ4n) is 2.73. The average Bonchev–Trinajstić information content (AvgIpc) is 2.37. The number of benzene rings is 1. The van der Waals surface area contributed by atoms with Crippen LogP contribution in [0.4, 0.5) is 4.39 Å². The Morgan fingerprint density at radius 1 is 1.19 bits per heavy atom. The molecule has 0 unspecified atom stereocenters. The van der Waals surface area contributed by atoms with E-state index in [2.05, 4.69) is 30.6 Å². The van der Waals surface area contributed by atoms with Crippen molar-refractivity contribution in [3.05, 3.63) is 35.1 Å². The summed E-state index contributed by atoms with van der Waals surface area (Å²) in [5, 5.41) is 7.43. The number of nitrogen functional groups attached to an aromatic ring is 1. The summed E-state index contributed by atoms with van der Waals surface area (Å²) >= 11 is 0. The number of nitrogens with zero attached hydrogens (tertiary/aromatic N) is 2. The zero-order chi connectivity index (χ0) is 15.6. The van der Waals surface area contributed by atoms with Crippen LogP contribution in [0, 0.1) is 11.2 Å². The van der Waals surface area contributed by atoms with Gasteiger partial charge in [-0.15, -0.1) is 0 Å². The molecule has 4 nitrogen and oxygen atoms in total. The van der Waals surface area contributed by atoms with Crippen LogP contribution in [0.3, 0.4) is 0 Å². The molecule has 0 bridgehead atoms. The number of nitrogens with one attached hydrogen (secondary N) is 1. The Hall–Kier alpha value is -1.46. The van der Waals surface area contributed by atoms with E-state index >= 15 is 0 Å². The molecule has 1 aliphatic heterocycles. The number of hydrogen-bond donors (Lipinski definition) is 2. The molecule has 0 amide bonds. The number of amidine groups is 1. The fourth-order valence-corrected chi connectivity index (χ4v) is 2.73. The normalized spacial score (nSPS) is 17.9. The lowest BCUT2D eigenvalue weighted by atomic mass is 10.0. The van der Waals surface area contributed by atoms with Crippen molar-refractivity contribution in [2.24, 2.45) is 5.73 Å². The van der Waals surface area contributed by atoms with Crippen LogP contribution in [0.1, 0.15) is 31.9 Å². The lowest BCUT2D eigenvalue weighted by molar-refractivity contribution is 0.0590. The van der Waals surface area contributed by atoms with E-state index in [0.29, 0.717) is 12.1 Å². The van der Waals surface area contributed by atoms with Crippen molar-refractivity contribution in [2.45, 2.75) is 32.9 Å².